The van der Waals surface area contributed by atoms with Gasteiger partial charge in [-0.05, 0) is 12.0 Å². The molecule has 2 aromatic carbocycles. The van der Waals surface area contributed by atoms with Gasteiger partial charge in [0.15, 0.2) is 0 Å². The van der Waals surface area contributed by atoms with Crippen molar-refractivity contribution in [3.05, 3.63) is 60.2 Å². The standard InChI is InChI=1S/C15H16Si/c1-2-9-14(10-3-1)16-12-6-8-13-7-4-5-11-15(13)16/h1-5,7,9-11,16H,6,8,12H2/t16-/m1/s1. The van der Waals surface area contributed by atoms with E-state index in [4.69, 9.17) is 0 Å². The first-order valence-electron chi connectivity index (χ1n) is 6.08. The van der Waals surface area contributed by atoms with E-state index in [1.807, 2.05) is 0 Å². The molecule has 0 aliphatic carbocycles. The molecule has 0 radical (unpaired) electrons. The summed E-state index contributed by atoms with van der Waals surface area (Å²) < 4.78 is 0. The quantitative estimate of drug-likeness (QED) is 0.650. The Balaban J connectivity index is 2.05. The molecule has 2 aromatic rings. The van der Waals surface area contributed by atoms with Crippen LogP contribution in [-0.2, 0) is 6.42 Å². The van der Waals surface area contributed by atoms with Crippen LogP contribution in [0.25, 0.3) is 0 Å². The highest BCUT2D eigenvalue weighted by Crippen LogP contribution is 2.14. The van der Waals surface area contributed by atoms with Crippen LogP contribution in [0, 0.1) is 0 Å². The van der Waals surface area contributed by atoms with Crippen molar-refractivity contribution < 1.29 is 0 Å². The van der Waals surface area contributed by atoms with Crippen molar-refractivity contribution in [2.24, 2.45) is 0 Å². The van der Waals surface area contributed by atoms with Gasteiger partial charge in [-0.15, -0.1) is 0 Å². The summed E-state index contributed by atoms with van der Waals surface area (Å²) in [7, 11) is -0.882. The number of hydrogen-bond acceptors (Lipinski definition) is 0. The summed E-state index contributed by atoms with van der Waals surface area (Å²) in [5.74, 6) is 0. The highest BCUT2D eigenvalue weighted by Gasteiger charge is 2.22. The lowest BCUT2D eigenvalue weighted by Crippen LogP contribution is -2.45. The average molecular weight is 224 g/mol. The van der Waals surface area contributed by atoms with Gasteiger partial charge in [0.1, 0.15) is 8.80 Å². The monoisotopic (exact) mass is 224 g/mol. The van der Waals surface area contributed by atoms with E-state index in [2.05, 4.69) is 54.6 Å². The maximum Gasteiger partial charge on any atom is 0.103 e. The molecule has 0 saturated heterocycles. The molecular weight excluding hydrogens is 208 g/mol. The lowest BCUT2D eigenvalue weighted by atomic mass is 10.1. The van der Waals surface area contributed by atoms with Crippen LogP contribution < -0.4 is 10.4 Å². The van der Waals surface area contributed by atoms with Crippen LogP contribution in [0.2, 0.25) is 6.04 Å². The third-order valence-corrected chi connectivity index (χ3v) is 7.06. The molecule has 0 amide bonds. The SMILES string of the molecule is c1ccc([Si@H]2CCCc3ccccc32)cc1. The fourth-order valence-corrected chi connectivity index (χ4v) is 6.12. The van der Waals surface area contributed by atoms with E-state index in [1.165, 1.54) is 18.9 Å². The predicted octanol–water partition coefficient (Wildman–Crippen LogP) is 1.97. The van der Waals surface area contributed by atoms with Gasteiger partial charge >= 0.3 is 0 Å². The molecule has 1 heterocycles. The molecule has 1 heteroatoms. The van der Waals surface area contributed by atoms with Crippen LogP contribution in [0.1, 0.15) is 12.0 Å². The number of benzene rings is 2. The van der Waals surface area contributed by atoms with Crippen molar-refractivity contribution in [2.45, 2.75) is 18.9 Å². The maximum atomic E-state index is 2.36. The fourth-order valence-electron chi connectivity index (χ4n) is 2.79. The van der Waals surface area contributed by atoms with Crippen molar-refractivity contribution >= 4 is 19.2 Å². The predicted molar refractivity (Wildman–Crippen MR) is 72.4 cm³/mol. The zero-order valence-electron chi connectivity index (χ0n) is 9.39. The Morgan fingerprint density at radius 2 is 1.56 bits per heavy atom. The van der Waals surface area contributed by atoms with E-state index < -0.39 is 8.80 Å². The van der Waals surface area contributed by atoms with Gasteiger partial charge in [0.2, 0.25) is 0 Å². The molecule has 80 valence electrons. The lowest BCUT2D eigenvalue weighted by molar-refractivity contribution is 0.901. The first-order chi connectivity index (χ1) is 7.95. The number of hydrogen-bond donors (Lipinski definition) is 0. The topological polar surface area (TPSA) is 0 Å². The van der Waals surface area contributed by atoms with Crippen molar-refractivity contribution in [3.8, 4) is 0 Å². The normalized spacial score (nSPS) is 19.1. The molecule has 0 aromatic heterocycles. The molecule has 1 atom stereocenters. The average Bonchev–Trinajstić information content (AvgIpc) is 2.39. The lowest BCUT2D eigenvalue weighted by Gasteiger charge is -2.24. The van der Waals surface area contributed by atoms with E-state index in [0.29, 0.717) is 0 Å². The third kappa shape index (κ3) is 1.72. The zero-order valence-corrected chi connectivity index (χ0v) is 10.5. The number of aryl methyl sites for hydroxylation is 1. The summed E-state index contributed by atoms with van der Waals surface area (Å²) in [6.07, 6.45) is 2.66. The molecule has 3 rings (SSSR count). The molecule has 0 saturated carbocycles. The van der Waals surface area contributed by atoms with E-state index >= 15 is 0 Å². The summed E-state index contributed by atoms with van der Waals surface area (Å²) in [6, 6.07) is 21.6. The van der Waals surface area contributed by atoms with Gasteiger partial charge in [0.25, 0.3) is 0 Å². The molecule has 0 unspecified atom stereocenters. The first kappa shape index (κ1) is 9.85. The minimum Gasteiger partial charge on any atom is -0.0629 e. The minimum atomic E-state index is -0.882. The fraction of sp³-hybridized carbons (Fsp3) is 0.200. The largest absolute Gasteiger partial charge is 0.103 e. The third-order valence-electron chi connectivity index (χ3n) is 3.57. The van der Waals surface area contributed by atoms with Crippen LogP contribution in [0.4, 0.5) is 0 Å². The Labute approximate surface area is 98.6 Å². The molecule has 0 spiro atoms. The van der Waals surface area contributed by atoms with Gasteiger partial charge in [-0.25, -0.2) is 0 Å². The Bertz CT molecular complexity index is 476. The molecule has 0 fully saturated rings. The van der Waals surface area contributed by atoms with E-state index in [-0.39, 0.29) is 0 Å². The van der Waals surface area contributed by atoms with Gasteiger partial charge in [-0.1, -0.05) is 77.4 Å². The maximum absolute atomic E-state index is 2.36. The highest BCUT2D eigenvalue weighted by atomic mass is 28.3. The van der Waals surface area contributed by atoms with Crippen LogP contribution >= 0.6 is 0 Å². The first-order valence-corrected chi connectivity index (χ1v) is 8.05. The molecule has 0 N–H and O–H groups in total. The molecule has 16 heavy (non-hydrogen) atoms. The van der Waals surface area contributed by atoms with Crippen LogP contribution in [0.3, 0.4) is 0 Å². The zero-order chi connectivity index (χ0) is 10.8. The van der Waals surface area contributed by atoms with Crippen LogP contribution in [0.15, 0.2) is 54.6 Å². The summed E-state index contributed by atoms with van der Waals surface area (Å²) >= 11 is 0. The van der Waals surface area contributed by atoms with Gasteiger partial charge < -0.3 is 0 Å². The smallest absolute Gasteiger partial charge is 0.0629 e. The van der Waals surface area contributed by atoms with Crippen molar-refractivity contribution in [1.82, 2.24) is 0 Å². The number of fused-ring (bicyclic) bond motifs is 1. The highest BCUT2D eigenvalue weighted by molar-refractivity contribution is 6.85. The molecular formula is C15H16Si. The van der Waals surface area contributed by atoms with Crippen LogP contribution in [-0.4, -0.2) is 8.80 Å². The van der Waals surface area contributed by atoms with Crippen molar-refractivity contribution in [1.29, 1.82) is 0 Å². The number of rotatable bonds is 1. The summed E-state index contributed by atoms with van der Waals surface area (Å²) in [6.45, 7) is 0. The summed E-state index contributed by atoms with van der Waals surface area (Å²) in [5.41, 5.74) is 1.61. The van der Waals surface area contributed by atoms with Crippen molar-refractivity contribution in [3.63, 3.8) is 0 Å². The Morgan fingerprint density at radius 3 is 2.44 bits per heavy atom. The second-order valence-corrected chi connectivity index (χ2v) is 7.53. The summed E-state index contributed by atoms with van der Waals surface area (Å²) in [4.78, 5) is 0. The molecule has 1 aliphatic rings. The molecule has 0 nitrogen and oxygen atoms in total. The molecule has 1 aliphatic heterocycles. The summed E-state index contributed by atoms with van der Waals surface area (Å²) in [5, 5.41) is 3.29. The van der Waals surface area contributed by atoms with E-state index in [1.54, 1.807) is 15.9 Å². The van der Waals surface area contributed by atoms with Gasteiger partial charge in [0.05, 0.1) is 0 Å². The van der Waals surface area contributed by atoms with Crippen LogP contribution in [0.5, 0.6) is 0 Å². The van der Waals surface area contributed by atoms with Gasteiger partial charge in [-0.2, -0.15) is 0 Å². The van der Waals surface area contributed by atoms with Gasteiger partial charge in [-0.3, -0.25) is 0 Å². The Hall–Kier alpha value is -1.34. The van der Waals surface area contributed by atoms with Gasteiger partial charge in [0, 0.05) is 0 Å². The van der Waals surface area contributed by atoms with E-state index in [0.717, 1.165) is 0 Å². The Morgan fingerprint density at radius 1 is 0.812 bits per heavy atom. The molecule has 0 bridgehead atoms. The Kier molecular flexibility index (Phi) is 2.62. The van der Waals surface area contributed by atoms with Crippen molar-refractivity contribution in [2.75, 3.05) is 0 Å². The minimum absolute atomic E-state index is 0.882. The second kappa shape index (κ2) is 4.26. The second-order valence-electron chi connectivity index (χ2n) is 4.55. The van der Waals surface area contributed by atoms with E-state index in [9.17, 15) is 0 Å².